The topological polar surface area (TPSA) is 0 Å². The molecular formula is C18H22. The molecule has 0 heteroatoms. The second-order valence-corrected chi connectivity index (χ2v) is 5.75. The molecule has 0 nitrogen and oxygen atoms in total. The van der Waals surface area contributed by atoms with Gasteiger partial charge in [-0.2, -0.15) is 0 Å². The summed E-state index contributed by atoms with van der Waals surface area (Å²) in [4.78, 5) is 0. The summed E-state index contributed by atoms with van der Waals surface area (Å²) in [6, 6.07) is 15.3. The third-order valence-corrected chi connectivity index (χ3v) is 3.98. The van der Waals surface area contributed by atoms with Crippen LogP contribution >= 0.6 is 0 Å². The van der Waals surface area contributed by atoms with E-state index in [1.807, 2.05) is 0 Å². The zero-order valence-electron chi connectivity index (χ0n) is 12.0. The van der Waals surface area contributed by atoms with Crippen LogP contribution in [0.2, 0.25) is 0 Å². The van der Waals surface area contributed by atoms with Crippen molar-refractivity contribution in [3.8, 4) is 0 Å². The molecule has 0 saturated carbocycles. The second kappa shape index (κ2) is 4.61. The quantitative estimate of drug-likeness (QED) is 0.695. The zero-order chi connectivity index (χ0) is 13.3. The Morgan fingerprint density at radius 1 is 0.833 bits per heavy atom. The van der Waals surface area contributed by atoms with Crippen molar-refractivity contribution in [2.24, 2.45) is 0 Å². The number of rotatable bonds is 2. The van der Waals surface area contributed by atoms with Crippen molar-refractivity contribution in [2.45, 2.75) is 40.0 Å². The van der Waals surface area contributed by atoms with E-state index in [0.29, 0.717) is 0 Å². The Balaban J connectivity index is 2.61. The van der Waals surface area contributed by atoms with Crippen LogP contribution in [0.1, 0.15) is 41.7 Å². The van der Waals surface area contributed by atoms with E-state index in [4.69, 9.17) is 0 Å². The third-order valence-electron chi connectivity index (χ3n) is 3.98. The maximum absolute atomic E-state index is 2.33. The molecule has 0 radical (unpaired) electrons. The van der Waals surface area contributed by atoms with Crippen LogP contribution in [0.25, 0.3) is 0 Å². The average Bonchev–Trinajstić information content (AvgIpc) is 2.34. The Labute approximate surface area is 111 Å². The fourth-order valence-corrected chi connectivity index (χ4v) is 2.70. The normalized spacial score (nSPS) is 11.6. The summed E-state index contributed by atoms with van der Waals surface area (Å²) in [5, 5.41) is 0. The lowest BCUT2D eigenvalue weighted by Crippen LogP contribution is -2.20. The van der Waals surface area contributed by atoms with Crippen LogP contribution in [0.4, 0.5) is 0 Å². The first-order chi connectivity index (χ1) is 8.43. The van der Waals surface area contributed by atoms with E-state index in [0.717, 1.165) is 0 Å². The Hall–Kier alpha value is -1.56. The van der Waals surface area contributed by atoms with Gasteiger partial charge < -0.3 is 0 Å². The fraction of sp³-hybridized carbons (Fsp3) is 0.333. The van der Waals surface area contributed by atoms with Gasteiger partial charge in [0.05, 0.1) is 0 Å². The summed E-state index contributed by atoms with van der Waals surface area (Å²) < 4.78 is 0. The van der Waals surface area contributed by atoms with E-state index < -0.39 is 0 Å². The Morgan fingerprint density at radius 2 is 1.44 bits per heavy atom. The molecule has 0 aliphatic heterocycles. The Kier molecular flexibility index (Phi) is 3.30. The lowest BCUT2D eigenvalue weighted by atomic mass is 9.75. The van der Waals surface area contributed by atoms with Gasteiger partial charge in [0.25, 0.3) is 0 Å². The molecule has 0 N–H and O–H groups in total. The summed E-state index contributed by atoms with van der Waals surface area (Å²) in [7, 11) is 0. The molecule has 0 aliphatic carbocycles. The predicted molar refractivity (Wildman–Crippen MR) is 79.2 cm³/mol. The maximum Gasteiger partial charge on any atom is 0.0149 e. The molecular weight excluding hydrogens is 216 g/mol. The van der Waals surface area contributed by atoms with Gasteiger partial charge in [-0.25, -0.2) is 0 Å². The van der Waals surface area contributed by atoms with Crippen LogP contribution in [0.5, 0.6) is 0 Å². The van der Waals surface area contributed by atoms with E-state index in [-0.39, 0.29) is 5.41 Å². The smallest absolute Gasteiger partial charge is 0.0149 e. The molecule has 0 aliphatic rings. The molecule has 2 aromatic rings. The van der Waals surface area contributed by atoms with Gasteiger partial charge in [0.1, 0.15) is 0 Å². The molecule has 0 fully saturated rings. The average molecular weight is 238 g/mol. The van der Waals surface area contributed by atoms with Crippen LogP contribution in [-0.2, 0) is 5.41 Å². The lowest BCUT2D eigenvalue weighted by Gasteiger charge is -2.29. The summed E-state index contributed by atoms with van der Waals surface area (Å²) in [6.45, 7) is 11.2. The largest absolute Gasteiger partial charge is 0.0622 e. The van der Waals surface area contributed by atoms with Crippen molar-refractivity contribution >= 4 is 0 Å². The molecule has 0 spiro atoms. The van der Waals surface area contributed by atoms with Crippen molar-refractivity contribution in [3.63, 3.8) is 0 Å². The molecule has 2 aromatic carbocycles. The van der Waals surface area contributed by atoms with Crippen molar-refractivity contribution in [1.29, 1.82) is 0 Å². The van der Waals surface area contributed by atoms with Crippen molar-refractivity contribution in [1.82, 2.24) is 0 Å². The number of aryl methyl sites for hydroxylation is 2. The molecule has 2 rings (SSSR count). The summed E-state index contributed by atoms with van der Waals surface area (Å²) in [5.74, 6) is 0. The fourth-order valence-electron chi connectivity index (χ4n) is 2.70. The lowest BCUT2D eigenvalue weighted by molar-refractivity contribution is 0.634. The SMILES string of the molecule is Cc1cc(C)c(C)c(C(C)(C)c2ccccc2)c1. The van der Waals surface area contributed by atoms with E-state index >= 15 is 0 Å². The minimum Gasteiger partial charge on any atom is -0.0622 e. The highest BCUT2D eigenvalue weighted by atomic mass is 14.3. The first-order valence-electron chi connectivity index (χ1n) is 6.57. The molecule has 0 amide bonds. The van der Waals surface area contributed by atoms with E-state index in [9.17, 15) is 0 Å². The second-order valence-electron chi connectivity index (χ2n) is 5.75. The molecule has 0 aromatic heterocycles. The number of hydrogen-bond donors (Lipinski definition) is 0. The molecule has 0 atom stereocenters. The number of benzene rings is 2. The van der Waals surface area contributed by atoms with E-state index in [1.165, 1.54) is 27.8 Å². The maximum atomic E-state index is 2.33. The van der Waals surface area contributed by atoms with Gasteiger partial charge in [0.15, 0.2) is 0 Å². The van der Waals surface area contributed by atoms with E-state index in [1.54, 1.807) is 0 Å². The van der Waals surface area contributed by atoms with Crippen LogP contribution in [-0.4, -0.2) is 0 Å². The van der Waals surface area contributed by atoms with Gasteiger partial charge in [-0.05, 0) is 43.0 Å². The van der Waals surface area contributed by atoms with E-state index in [2.05, 4.69) is 77.1 Å². The summed E-state index contributed by atoms with van der Waals surface area (Å²) in [5.41, 5.74) is 7.01. The minimum atomic E-state index is 0.0577. The number of hydrogen-bond acceptors (Lipinski definition) is 0. The monoisotopic (exact) mass is 238 g/mol. The van der Waals surface area contributed by atoms with Crippen LogP contribution in [0.3, 0.4) is 0 Å². The standard InChI is InChI=1S/C18H22/c1-13-11-14(2)15(3)17(12-13)18(4,5)16-9-7-6-8-10-16/h6-12H,1-5H3. The molecule has 94 valence electrons. The van der Waals surface area contributed by atoms with Crippen molar-refractivity contribution < 1.29 is 0 Å². The highest BCUT2D eigenvalue weighted by Crippen LogP contribution is 2.34. The van der Waals surface area contributed by atoms with Gasteiger partial charge in [-0.15, -0.1) is 0 Å². The highest BCUT2D eigenvalue weighted by Gasteiger charge is 2.25. The molecule has 0 bridgehead atoms. The predicted octanol–water partition coefficient (Wildman–Crippen LogP) is 4.94. The summed E-state index contributed by atoms with van der Waals surface area (Å²) >= 11 is 0. The first-order valence-corrected chi connectivity index (χ1v) is 6.57. The molecule has 0 heterocycles. The zero-order valence-corrected chi connectivity index (χ0v) is 12.0. The molecule has 0 unspecified atom stereocenters. The Morgan fingerprint density at radius 3 is 2.06 bits per heavy atom. The van der Waals surface area contributed by atoms with Gasteiger partial charge in [0.2, 0.25) is 0 Å². The molecule has 18 heavy (non-hydrogen) atoms. The van der Waals surface area contributed by atoms with Gasteiger partial charge in [0, 0.05) is 5.41 Å². The van der Waals surface area contributed by atoms with Crippen molar-refractivity contribution in [3.05, 3.63) is 70.3 Å². The van der Waals surface area contributed by atoms with Gasteiger partial charge >= 0.3 is 0 Å². The first kappa shape index (κ1) is 12.9. The van der Waals surface area contributed by atoms with Crippen molar-refractivity contribution in [2.75, 3.05) is 0 Å². The van der Waals surface area contributed by atoms with Crippen LogP contribution in [0, 0.1) is 20.8 Å². The van der Waals surface area contributed by atoms with Gasteiger partial charge in [-0.3, -0.25) is 0 Å². The Bertz CT molecular complexity index is 548. The highest BCUT2D eigenvalue weighted by molar-refractivity contribution is 5.46. The molecule has 0 saturated heterocycles. The third kappa shape index (κ3) is 2.20. The minimum absolute atomic E-state index is 0.0577. The van der Waals surface area contributed by atoms with Crippen LogP contribution < -0.4 is 0 Å². The van der Waals surface area contributed by atoms with Crippen LogP contribution in [0.15, 0.2) is 42.5 Å². The van der Waals surface area contributed by atoms with Gasteiger partial charge in [-0.1, -0.05) is 61.9 Å². The summed E-state index contributed by atoms with van der Waals surface area (Å²) in [6.07, 6.45) is 0.